The van der Waals surface area contributed by atoms with E-state index >= 15 is 0 Å². The van der Waals surface area contributed by atoms with Crippen LogP contribution in [0.2, 0.25) is 0 Å². The zero-order valence-corrected chi connectivity index (χ0v) is 13.6. The molecule has 26 heavy (non-hydrogen) atoms. The molecule has 3 N–H and O–H groups in total. The Hall–Kier alpha value is -2.41. The first-order valence-corrected chi connectivity index (χ1v) is 7.31. The summed E-state index contributed by atoms with van der Waals surface area (Å²) in [4.78, 5) is 39.5. The summed E-state index contributed by atoms with van der Waals surface area (Å²) in [5.41, 5.74) is -1.23. The number of carbonyl (C=O) groups is 3. The van der Waals surface area contributed by atoms with E-state index in [1.165, 1.54) is 5.32 Å². The molecule has 0 bridgehead atoms. The van der Waals surface area contributed by atoms with Crippen LogP contribution < -0.4 is 10.6 Å². The van der Waals surface area contributed by atoms with E-state index in [2.05, 4.69) is 0 Å². The highest BCUT2D eigenvalue weighted by Gasteiger charge is 2.32. The van der Waals surface area contributed by atoms with Crippen molar-refractivity contribution in [2.45, 2.75) is 45.2 Å². The molecule has 7 nitrogen and oxygen atoms in total. The van der Waals surface area contributed by atoms with Crippen LogP contribution in [0.4, 0.5) is 0 Å². The number of likely N-dealkylation sites (N-methyl/N-ethyl adjacent to an activating group) is 1. The Kier molecular flexibility index (Phi) is 2.34. The summed E-state index contributed by atoms with van der Waals surface area (Å²) < 4.78 is 125. The summed E-state index contributed by atoms with van der Waals surface area (Å²) in [6.07, 6.45) is -3.65. The fourth-order valence-corrected chi connectivity index (χ4v) is 2.07. The number of fused-ring (bicyclic) bond motifs is 1. The lowest BCUT2D eigenvalue weighted by Crippen LogP contribution is -2.51. The van der Waals surface area contributed by atoms with Crippen LogP contribution in [0.25, 0.3) is 0 Å². The maximum Gasteiger partial charge on any atom is 0.249 e. The molecule has 0 unspecified atom stereocenters. The van der Waals surface area contributed by atoms with Gasteiger partial charge in [0.1, 0.15) is 18.1 Å². The number of hydrogen-bond donors (Lipinski definition) is 3. The van der Waals surface area contributed by atoms with E-state index in [4.69, 9.17) is 21.9 Å². The third-order valence-corrected chi connectivity index (χ3v) is 3.47. The molecule has 1 heterocycles. The summed E-state index contributed by atoms with van der Waals surface area (Å²) in [5.74, 6) is -9.29. The lowest BCUT2D eigenvalue weighted by molar-refractivity contribution is -0.137. The van der Waals surface area contributed by atoms with E-state index in [1.54, 1.807) is 5.32 Å². The third-order valence-electron chi connectivity index (χ3n) is 3.47. The predicted octanol–water partition coefficient (Wildman–Crippen LogP) is 0.380. The molecule has 142 valence electrons. The largest absolute Gasteiger partial charge is 0.383 e. The van der Waals surface area contributed by atoms with Gasteiger partial charge in [-0.2, -0.15) is 0 Å². The molecule has 1 aliphatic heterocycles. The molecule has 1 aromatic rings. The molecule has 3 atom stereocenters. The summed E-state index contributed by atoms with van der Waals surface area (Å²) in [6.45, 7) is -10.9. The number of benzene rings is 1. The first kappa shape index (κ1) is 7.31. The van der Waals surface area contributed by atoms with Gasteiger partial charge in [-0.25, -0.2) is 0 Å². The number of amides is 3. The second kappa shape index (κ2) is 8.31. The van der Waals surface area contributed by atoms with Gasteiger partial charge in [0, 0.05) is 27.2 Å². The number of aliphatic hydroxyl groups excluding tert-OH is 1. The van der Waals surface area contributed by atoms with Crippen LogP contribution in [0.5, 0.6) is 0 Å². The van der Waals surface area contributed by atoms with Gasteiger partial charge in [-0.1, -0.05) is 37.9 Å². The average Bonchev–Trinajstić information content (AvgIpc) is 2.92. The predicted molar refractivity (Wildman–Crippen MR) is 97.1 cm³/mol. The van der Waals surface area contributed by atoms with Crippen molar-refractivity contribution >= 4 is 17.7 Å². The summed E-state index contributed by atoms with van der Waals surface area (Å²) in [6, 6.07) is -9.83. The van der Waals surface area contributed by atoms with E-state index in [0.717, 1.165) is 0 Å². The number of aliphatic hydroxyl groups is 1. The lowest BCUT2D eigenvalue weighted by atomic mass is 9.99. The van der Waals surface area contributed by atoms with E-state index in [0.29, 0.717) is 6.92 Å². The van der Waals surface area contributed by atoms with Crippen LogP contribution in [0, 0.1) is 5.89 Å². The maximum absolute atomic E-state index is 13.5. The summed E-state index contributed by atoms with van der Waals surface area (Å²) in [7, 11) is 0. The van der Waals surface area contributed by atoms with E-state index < -0.39 is 111 Å². The minimum absolute atomic E-state index is 0.164. The highest BCUT2D eigenvalue weighted by molar-refractivity contribution is 5.93. The molecule has 0 spiro atoms. The first-order valence-electron chi connectivity index (χ1n) is 15.3. The number of nitrogens with one attached hydrogen (secondary N) is 2. The zero-order chi connectivity index (χ0) is 33.2. The van der Waals surface area contributed by atoms with Crippen LogP contribution in [0.3, 0.4) is 0 Å². The molecule has 0 saturated heterocycles. The molecule has 0 radical (unpaired) electrons. The van der Waals surface area contributed by atoms with Crippen molar-refractivity contribution < 1.29 is 41.4 Å². The van der Waals surface area contributed by atoms with Gasteiger partial charge in [0.2, 0.25) is 17.7 Å². The molecule has 0 aromatic heterocycles. The van der Waals surface area contributed by atoms with Gasteiger partial charge in [0.05, 0.1) is 8.22 Å². The molecule has 0 aliphatic carbocycles. The Morgan fingerprint density at radius 2 is 2.15 bits per heavy atom. The van der Waals surface area contributed by atoms with Crippen molar-refractivity contribution in [2.24, 2.45) is 5.89 Å². The van der Waals surface area contributed by atoms with Gasteiger partial charge in [0.15, 0.2) is 0 Å². The minimum Gasteiger partial charge on any atom is -0.383 e. The van der Waals surface area contributed by atoms with Gasteiger partial charge in [-0.15, -0.1) is 0 Å². The molecule has 0 fully saturated rings. The first-order chi connectivity index (χ1) is 18.6. The Labute approximate surface area is 176 Å². The number of carbonyl (C=O) groups excluding carboxylic acids is 3. The lowest BCUT2D eigenvalue weighted by Gasteiger charge is -2.24. The average molecular weight is 378 g/mol. The van der Waals surface area contributed by atoms with Crippen LogP contribution >= 0.6 is 0 Å². The van der Waals surface area contributed by atoms with Gasteiger partial charge in [-0.05, 0) is 30.4 Å². The van der Waals surface area contributed by atoms with Crippen LogP contribution in [0.15, 0.2) is 24.2 Å². The van der Waals surface area contributed by atoms with Gasteiger partial charge >= 0.3 is 0 Å². The molecule has 0 saturated carbocycles. The summed E-state index contributed by atoms with van der Waals surface area (Å²) >= 11 is 0. The summed E-state index contributed by atoms with van der Waals surface area (Å²) in [5, 5.41) is 13.6. The highest BCUT2D eigenvalue weighted by atomic mass is 16.3. The maximum atomic E-state index is 13.5. The smallest absolute Gasteiger partial charge is 0.249 e. The monoisotopic (exact) mass is 377 g/mol. The van der Waals surface area contributed by atoms with Crippen molar-refractivity contribution in [1.29, 1.82) is 0 Å². The van der Waals surface area contributed by atoms with Crippen molar-refractivity contribution in [3.05, 3.63) is 35.3 Å². The van der Waals surface area contributed by atoms with Crippen molar-refractivity contribution in [2.75, 3.05) is 13.5 Å². The molecule has 3 amide bonds. The number of rotatable bonds is 5. The van der Waals surface area contributed by atoms with E-state index in [9.17, 15) is 19.5 Å². The van der Waals surface area contributed by atoms with Crippen LogP contribution in [0.1, 0.15) is 59.7 Å². The molecule has 1 aromatic carbocycles. The van der Waals surface area contributed by atoms with Crippen LogP contribution in [-0.2, 0) is 20.8 Å². The highest BCUT2D eigenvalue weighted by Crippen LogP contribution is 2.24. The van der Waals surface area contributed by atoms with Crippen molar-refractivity contribution in [3.8, 4) is 0 Å². The zero-order valence-electron chi connectivity index (χ0n) is 29.6. The van der Waals surface area contributed by atoms with E-state index in [1.807, 2.05) is 0 Å². The molecule has 1 aliphatic rings. The minimum atomic E-state index is -3.83. The molecular formula is C19H27N3O4. The van der Waals surface area contributed by atoms with E-state index in [-0.39, 0.29) is 4.90 Å². The second-order valence-corrected chi connectivity index (χ2v) is 5.32. The molecular weight excluding hydrogens is 334 g/mol. The van der Waals surface area contributed by atoms with Gasteiger partial charge in [0.25, 0.3) is 0 Å². The number of nitrogens with zero attached hydrogens (tertiary/aromatic N) is 1. The Balaban J connectivity index is 2.62. The van der Waals surface area contributed by atoms with Crippen LogP contribution in [-0.4, -0.2) is 53.4 Å². The van der Waals surface area contributed by atoms with Gasteiger partial charge < -0.3 is 20.6 Å². The molecule has 7 heteroatoms. The number of hydrogen-bond acceptors (Lipinski definition) is 4. The Morgan fingerprint density at radius 3 is 2.85 bits per heavy atom. The quantitative estimate of drug-likeness (QED) is 0.691. The normalized spacial score (nSPS) is 34.2. The van der Waals surface area contributed by atoms with Crippen molar-refractivity contribution in [3.63, 3.8) is 0 Å². The van der Waals surface area contributed by atoms with Gasteiger partial charge in [-0.3, -0.25) is 14.4 Å². The second-order valence-electron chi connectivity index (χ2n) is 5.32. The Bertz CT molecular complexity index is 1280. The fourth-order valence-electron chi connectivity index (χ4n) is 2.07. The standard InChI is InChI=1S/C19H27N3O4/c1-11(2)16(23)18(25)20-12(3)17(24)21-15-14-8-6-5-7-13(14)9-10-22(4)19(15)26/h5-8,11-12,15-16,23H,9-10H2,1-4H3,(H,20,25)(H,21,24)/t12-,15-,16-/m0/s1/i1D3,2D3,4D3,5D,6D,7D,8D,11D,12D,15D. The fraction of sp³-hybridized carbons (Fsp3) is 0.526. The molecule has 2 rings (SSSR count). The third kappa shape index (κ3) is 4.40. The SMILES string of the molecule is [2H]c1c([2H])c([2H])c2c(c1[2H])CCN(C([2H])([2H])[2H])C(=O)[C@@]2([2H])NC(=O)[C@]([2H])(C)NC(=O)[C@@H](O)C([2H])(C([2H])([2H])[2H])C([2H])([2H])[2H]. The topological polar surface area (TPSA) is 98.7 Å². The Morgan fingerprint density at radius 1 is 1.42 bits per heavy atom. The van der Waals surface area contributed by atoms with Crippen molar-refractivity contribution in [1.82, 2.24) is 15.5 Å².